The van der Waals surface area contributed by atoms with Gasteiger partial charge in [-0.25, -0.2) is 0 Å². The largest absolute Gasteiger partial charge is 1.00 e. The molecular weight excluding hydrogens is 321 g/mol. The van der Waals surface area contributed by atoms with Crippen LogP contribution < -0.4 is 74.0 Å². The second kappa shape index (κ2) is 6.64. The minimum Gasteiger partial charge on any atom is -0.872 e. The van der Waals surface area contributed by atoms with Gasteiger partial charge in [-0.15, -0.1) is 5.75 Å². The Bertz CT molecular complexity index is 463. The average Bonchev–Trinajstić information content (AvgIpc) is 2.30. The summed E-state index contributed by atoms with van der Waals surface area (Å²) in [6.45, 7) is 0. The molecule has 0 fully saturated rings. The van der Waals surface area contributed by atoms with Crippen LogP contribution in [0.1, 0.15) is 15.9 Å². The molecule has 3 heteroatoms. The Morgan fingerprint density at radius 1 is 0.812 bits per heavy atom. The second-order valence-electron chi connectivity index (χ2n) is 3.22. The molecule has 0 spiro atoms. The first kappa shape index (κ1) is 14.0. The number of carbonyl (C=O) groups is 1. The number of ketones is 1. The maximum atomic E-state index is 11.9. The molecule has 0 atom stereocenters. The zero-order valence-electron chi connectivity index (χ0n) is 9.01. The van der Waals surface area contributed by atoms with E-state index in [1.54, 1.807) is 24.3 Å². The molecule has 0 unspecified atom stereocenters. The average molecular weight is 330 g/mol. The van der Waals surface area contributed by atoms with Crippen LogP contribution in [0.3, 0.4) is 0 Å². The summed E-state index contributed by atoms with van der Waals surface area (Å²) in [5, 5.41) is 10.9. The van der Waals surface area contributed by atoms with Crippen LogP contribution in [0.2, 0.25) is 0 Å². The van der Waals surface area contributed by atoms with E-state index in [9.17, 15) is 9.90 Å². The van der Waals surface area contributed by atoms with Gasteiger partial charge in [0.15, 0.2) is 5.78 Å². The molecule has 0 N–H and O–H groups in total. The molecule has 0 heterocycles. The summed E-state index contributed by atoms with van der Waals surface area (Å²) in [5.41, 5.74) is 1.18. The first-order chi connectivity index (χ1) is 7.27. The summed E-state index contributed by atoms with van der Waals surface area (Å²) in [5.74, 6) is -0.143. The normalized spacial score (nSPS) is 9.25. The van der Waals surface area contributed by atoms with Crippen LogP contribution in [-0.4, -0.2) is 5.78 Å². The number of hydrogen-bond acceptors (Lipinski definition) is 2. The third kappa shape index (κ3) is 3.48. The molecule has 0 saturated heterocycles. The van der Waals surface area contributed by atoms with E-state index in [-0.39, 0.29) is 80.4 Å². The number of benzene rings is 2. The predicted octanol–water partition coefficient (Wildman–Crippen LogP) is -1.00. The van der Waals surface area contributed by atoms with Crippen LogP contribution in [0.25, 0.3) is 0 Å². The van der Waals surface area contributed by atoms with Gasteiger partial charge in [-0.1, -0.05) is 54.6 Å². The smallest absolute Gasteiger partial charge is 0.872 e. The molecule has 2 aromatic carbocycles. The Balaban J connectivity index is 0.00000128. The molecule has 0 aliphatic carbocycles. The van der Waals surface area contributed by atoms with Crippen LogP contribution >= 0.6 is 0 Å². The summed E-state index contributed by atoms with van der Waals surface area (Å²) < 4.78 is 0. The van der Waals surface area contributed by atoms with Gasteiger partial charge in [-0.2, -0.15) is 0 Å². The molecule has 0 aromatic heterocycles. The minimum absolute atomic E-state index is 0. The molecule has 16 heavy (non-hydrogen) atoms. The first-order valence-electron chi connectivity index (χ1n) is 4.64. The van der Waals surface area contributed by atoms with Crippen LogP contribution in [0, 0.1) is 0 Å². The van der Waals surface area contributed by atoms with Crippen LogP contribution in [0.5, 0.6) is 5.75 Å². The summed E-state index contributed by atoms with van der Waals surface area (Å²) in [7, 11) is 0. The fourth-order valence-electron chi connectivity index (χ4n) is 1.36. The van der Waals surface area contributed by atoms with E-state index >= 15 is 0 Å². The molecule has 0 radical (unpaired) electrons. The van der Waals surface area contributed by atoms with Crippen molar-refractivity contribution in [2.24, 2.45) is 0 Å². The van der Waals surface area contributed by atoms with Crippen molar-refractivity contribution in [2.75, 3.05) is 0 Å². The van der Waals surface area contributed by atoms with Gasteiger partial charge < -0.3 is 5.11 Å². The van der Waals surface area contributed by atoms with Gasteiger partial charge in [0, 0.05) is 11.1 Å². The topological polar surface area (TPSA) is 40.1 Å². The monoisotopic (exact) mass is 330 g/mol. The molecule has 2 rings (SSSR count). The molecule has 0 aliphatic heterocycles. The third-order valence-electron chi connectivity index (χ3n) is 2.15. The molecular formula is C13H9CsO2. The van der Waals surface area contributed by atoms with Crippen molar-refractivity contribution >= 4 is 5.78 Å². The van der Waals surface area contributed by atoms with E-state index in [1.807, 2.05) is 18.2 Å². The van der Waals surface area contributed by atoms with Crippen molar-refractivity contribution in [3.63, 3.8) is 0 Å². The molecule has 2 nitrogen and oxygen atoms in total. The van der Waals surface area contributed by atoms with Gasteiger partial charge in [-0.05, 0) is 0 Å². The van der Waals surface area contributed by atoms with Gasteiger partial charge in [0.05, 0.1) is 0 Å². The van der Waals surface area contributed by atoms with Crippen molar-refractivity contribution in [1.82, 2.24) is 0 Å². The minimum atomic E-state index is -0.0837. The summed E-state index contributed by atoms with van der Waals surface area (Å²) in [6, 6.07) is 14.9. The Kier molecular flexibility index (Phi) is 5.82. The number of rotatable bonds is 2. The second-order valence-corrected chi connectivity index (χ2v) is 3.22. The SMILES string of the molecule is O=C(c1ccccc1)c1ccc([O-])cc1.[Cs+]. The van der Waals surface area contributed by atoms with Crippen LogP contribution in [-0.2, 0) is 0 Å². The molecule has 0 bridgehead atoms. The standard InChI is InChI=1S/C13H10O2.Cs/c14-12-8-6-11(7-9-12)13(15)10-4-2-1-3-5-10;/h1-9,14H;/q;+1/p-1. The molecule has 74 valence electrons. The van der Waals surface area contributed by atoms with Crippen molar-refractivity contribution in [3.05, 3.63) is 65.7 Å². The van der Waals surface area contributed by atoms with Gasteiger partial charge >= 0.3 is 68.9 Å². The van der Waals surface area contributed by atoms with E-state index in [4.69, 9.17) is 0 Å². The quantitative estimate of drug-likeness (QED) is 0.663. The molecule has 0 saturated carbocycles. The zero-order chi connectivity index (χ0) is 10.7. The van der Waals surface area contributed by atoms with Crippen molar-refractivity contribution in [2.45, 2.75) is 0 Å². The van der Waals surface area contributed by atoms with E-state index in [1.165, 1.54) is 12.1 Å². The van der Waals surface area contributed by atoms with Crippen molar-refractivity contribution < 1.29 is 78.8 Å². The fourth-order valence-corrected chi connectivity index (χ4v) is 1.36. The summed E-state index contributed by atoms with van der Waals surface area (Å²) in [4.78, 5) is 11.9. The third-order valence-corrected chi connectivity index (χ3v) is 2.15. The van der Waals surface area contributed by atoms with Gasteiger partial charge in [0.2, 0.25) is 0 Å². The van der Waals surface area contributed by atoms with Gasteiger partial charge in [0.1, 0.15) is 0 Å². The maximum absolute atomic E-state index is 11.9. The van der Waals surface area contributed by atoms with Gasteiger partial charge in [-0.3, -0.25) is 4.79 Å². The number of carbonyl (C=O) groups excluding carboxylic acids is 1. The zero-order valence-corrected chi connectivity index (χ0v) is 15.3. The van der Waals surface area contributed by atoms with Crippen LogP contribution in [0.4, 0.5) is 0 Å². The molecule has 2 aromatic rings. The Morgan fingerprint density at radius 2 is 1.31 bits per heavy atom. The Hall–Kier alpha value is -0.0381. The van der Waals surface area contributed by atoms with E-state index < -0.39 is 0 Å². The fraction of sp³-hybridized carbons (Fsp3) is 0. The van der Waals surface area contributed by atoms with Crippen molar-refractivity contribution in [1.29, 1.82) is 0 Å². The first-order valence-corrected chi connectivity index (χ1v) is 4.64. The Morgan fingerprint density at radius 3 is 1.88 bits per heavy atom. The van der Waals surface area contributed by atoms with Crippen molar-refractivity contribution in [3.8, 4) is 5.75 Å². The summed E-state index contributed by atoms with van der Waals surface area (Å²) in [6.07, 6.45) is 0. The Labute approximate surface area is 153 Å². The molecule has 0 amide bonds. The van der Waals surface area contributed by atoms with E-state index in [0.29, 0.717) is 11.1 Å². The maximum Gasteiger partial charge on any atom is 1.00 e. The van der Waals surface area contributed by atoms with E-state index in [2.05, 4.69) is 0 Å². The number of hydrogen-bond donors (Lipinski definition) is 0. The predicted molar refractivity (Wildman–Crippen MR) is 55.8 cm³/mol. The summed E-state index contributed by atoms with van der Waals surface area (Å²) >= 11 is 0. The van der Waals surface area contributed by atoms with E-state index in [0.717, 1.165) is 0 Å². The van der Waals surface area contributed by atoms with Gasteiger partial charge in [0.25, 0.3) is 0 Å². The molecule has 0 aliphatic rings. The van der Waals surface area contributed by atoms with Crippen LogP contribution in [0.15, 0.2) is 54.6 Å².